The number of carbonyl (C=O) groups excluding carboxylic acids is 10. The highest BCUT2D eigenvalue weighted by Gasteiger charge is 2.44. The smallest absolute Gasteiger partial charge is 0.313 e. The summed E-state index contributed by atoms with van der Waals surface area (Å²) in [6, 6.07) is 1.95. The lowest BCUT2D eigenvalue weighted by Gasteiger charge is -2.41. The third kappa shape index (κ3) is 22.7. The van der Waals surface area contributed by atoms with Gasteiger partial charge in [-0.1, -0.05) is 67.9 Å². The molecular formula is C66H101N5O17S2. The molecule has 24 heteroatoms. The van der Waals surface area contributed by atoms with Crippen LogP contribution in [0.5, 0.6) is 5.75 Å². The number of amides is 4. The molecule has 4 amide bonds. The van der Waals surface area contributed by atoms with E-state index in [-0.39, 0.29) is 142 Å². The first-order valence-corrected chi connectivity index (χ1v) is 33.8. The maximum Gasteiger partial charge on any atom is 0.313 e. The molecule has 504 valence electrons. The summed E-state index contributed by atoms with van der Waals surface area (Å²) in [6.07, 6.45) is 0.0295. The van der Waals surface area contributed by atoms with Crippen LogP contribution in [-0.4, -0.2) is 194 Å². The lowest BCUT2D eigenvalue weighted by Crippen LogP contribution is -2.54. The number of anilines is 1. The van der Waals surface area contributed by atoms with Crippen molar-refractivity contribution in [3.05, 3.63) is 33.6 Å². The van der Waals surface area contributed by atoms with Crippen molar-refractivity contribution in [3.8, 4) is 5.75 Å². The molecular weight excluding hydrogens is 1200 g/mol. The van der Waals surface area contributed by atoms with Gasteiger partial charge in [-0.05, 0) is 88.6 Å². The number of nitrogens with one attached hydrogen (secondary N) is 2. The Hall–Kier alpha value is -5.37. The number of rotatable bonds is 23. The van der Waals surface area contributed by atoms with Crippen molar-refractivity contribution in [2.45, 2.75) is 189 Å². The van der Waals surface area contributed by atoms with Gasteiger partial charge in [-0.3, -0.25) is 57.6 Å². The minimum Gasteiger partial charge on any atom is -0.481 e. The van der Waals surface area contributed by atoms with E-state index in [2.05, 4.69) is 10.6 Å². The predicted molar refractivity (Wildman–Crippen MR) is 344 cm³/mol. The van der Waals surface area contributed by atoms with Gasteiger partial charge in [0.2, 0.25) is 23.6 Å². The lowest BCUT2D eigenvalue weighted by atomic mass is 9.83. The molecule has 3 aliphatic heterocycles. The number of methoxy groups -OCH3 is 2. The molecule has 4 rings (SSSR count). The molecule has 11 atom stereocenters. The molecule has 0 aromatic heterocycles. The molecule has 0 radical (unpaired) electrons. The van der Waals surface area contributed by atoms with Gasteiger partial charge < -0.3 is 49.2 Å². The van der Waals surface area contributed by atoms with Crippen LogP contribution in [0.4, 0.5) is 5.69 Å². The van der Waals surface area contributed by atoms with Crippen LogP contribution in [0.25, 0.3) is 0 Å². The Morgan fingerprint density at radius 1 is 0.778 bits per heavy atom. The average molecular weight is 1300 g/mol. The second-order valence-electron chi connectivity index (χ2n) is 25.2. The monoisotopic (exact) mass is 1300 g/mol. The molecule has 1 aromatic carbocycles. The van der Waals surface area contributed by atoms with Crippen molar-refractivity contribution in [1.29, 1.82) is 0 Å². The summed E-state index contributed by atoms with van der Waals surface area (Å²) in [5.74, 6) is -8.79. The van der Waals surface area contributed by atoms with Crippen molar-refractivity contribution >= 4 is 93.7 Å². The number of likely N-dealkylation sites (tertiary alicyclic amines) is 1. The molecule has 0 saturated carbocycles. The SMILES string of the molecule is CC[C@H](C)[C@@H]([C@@H](CC(=O)N1CCC[C@H]1[C@H](OC)[C@@H](C)C(=O)C[C@@H](Cc1ccc2c(c1)NC(=O)[C@H](C)CC(=O)[C@H](C)NC(=O)CCOCCCC(=O)C1=C(SCS1)C(=O)CCCOCCC(=O)O2)C(=O)O)OC)N(C)C(=O)[C@@H](CC(=O)[C@H](C(C)C)N(C)C)C(C)C. The molecule has 0 spiro atoms. The summed E-state index contributed by atoms with van der Waals surface area (Å²) in [6.45, 7) is 17.2. The van der Waals surface area contributed by atoms with Gasteiger partial charge in [-0.2, -0.15) is 0 Å². The summed E-state index contributed by atoms with van der Waals surface area (Å²) >= 11 is 2.65. The topological polar surface area (TPSA) is 288 Å². The Morgan fingerprint density at radius 3 is 1.96 bits per heavy atom. The average Bonchev–Trinajstić information content (AvgIpc) is 1.50. The highest BCUT2D eigenvalue weighted by molar-refractivity contribution is 8.23. The highest BCUT2D eigenvalue weighted by Crippen LogP contribution is 2.42. The third-order valence-corrected chi connectivity index (χ3v) is 20.0. The number of benzene rings is 1. The van der Waals surface area contributed by atoms with E-state index in [0.29, 0.717) is 59.1 Å². The normalized spacial score (nSPS) is 22.2. The largest absolute Gasteiger partial charge is 0.481 e. The fourth-order valence-electron chi connectivity index (χ4n) is 12.2. The Balaban J connectivity index is 1.52. The molecule has 0 unspecified atom stereocenters. The van der Waals surface area contributed by atoms with Crippen LogP contribution in [0, 0.1) is 41.4 Å². The predicted octanol–water partition coefficient (Wildman–Crippen LogP) is 7.75. The van der Waals surface area contributed by atoms with Gasteiger partial charge in [0.25, 0.3) is 0 Å². The first kappa shape index (κ1) is 77.1. The third-order valence-electron chi connectivity index (χ3n) is 17.5. The van der Waals surface area contributed by atoms with E-state index in [9.17, 15) is 57.8 Å². The molecule has 22 nitrogen and oxygen atoms in total. The molecule has 1 fully saturated rings. The van der Waals surface area contributed by atoms with Crippen LogP contribution in [0.2, 0.25) is 0 Å². The second kappa shape index (κ2) is 38.0. The summed E-state index contributed by atoms with van der Waals surface area (Å²) in [7, 11) is 8.40. The van der Waals surface area contributed by atoms with E-state index >= 15 is 0 Å². The quantitative estimate of drug-likeness (QED) is 0.0697. The number of fused-ring (bicyclic) bond motifs is 1. The van der Waals surface area contributed by atoms with E-state index in [4.69, 9.17) is 23.7 Å². The number of likely N-dealkylation sites (N-methyl/N-ethyl adjacent to an activating group) is 2. The number of ether oxygens (including phenoxy) is 5. The minimum absolute atomic E-state index is 0.0104. The van der Waals surface area contributed by atoms with Crippen LogP contribution in [-0.2, 0) is 78.1 Å². The Labute approximate surface area is 540 Å². The number of ketones is 5. The molecule has 90 heavy (non-hydrogen) atoms. The van der Waals surface area contributed by atoms with Gasteiger partial charge in [-0.25, -0.2) is 0 Å². The van der Waals surface area contributed by atoms with E-state index in [0.717, 1.165) is 0 Å². The number of hydrogen-bond donors (Lipinski definition) is 3. The summed E-state index contributed by atoms with van der Waals surface area (Å²) in [5, 5.41) is 16.5. The van der Waals surface area contributed by atoms with Crippen molar-refractivity contribution in [2.24, 2.45) is 41.4 Å². The number of aliphatic carboxylic acids is 1. The molecule has 3 heterocycles. The zero-order chi connectivity index (χ0) is 67.1. The van der Waals surface area contributed by atoms with E-state index < -0.39 is 95.7 Å². The van der Waals surface area contributed by atoms with Crippen LogP contribution in [0.15, 0.2) is 28.0 Å². The van der Waals surface area contributed by atoms with Crippen LogP contribution < -0.4 is 15.4 Å². The van der Waals surface area contributed by atoms with Gasteiger partial charge in [0.15, 0.2) is 28.9 Å². The fraction of sp³-hybridized carbons (Fsp3) is 0.712. The summed E-state index contributed by atoms with van der Waals surface area (Å²) < 4.78 is 29.1. The Morgan fingerprint density at radius 2 is 1.40 bits per heavy atom. The minimum atomic E-state index is -1.28. The number of carbonyl (C=O) groups is 11. The van der Waals surface area contributed by atoms with E-state index in [1.807, 2.05) is 60.5 Å². The molecule has 1 aromatic rings. The standard InChI is InChI=1S/C66H101N5O17S2/c1-15-40(6)60(70(12)65(81)46(38(2)3)35-53(76)59(39(4)5)69(10)11)55(84-13)36-57(78)71-26-16-19-48(71)61(85-14)42(8)51(74)34-45(66(82)83)32-44-22-23-54-47(33-44)68-64(80)41(7)31-52(75)43(9)67-56(77)24-29-86-27-17-20-49(72)62-63(90-37-89-62)50(73)21-18-28-87-30-25-58(79)88-54/h22-23,33,38-43,45-46,48,55,59-61H,15-21,24-32,34-37H2,1-14H3,(H,67,77)(H,68,80)(H,82,83)/t40-,41+,42-,43-,45+,46-,48-,55+,59-,60-,61+/m0/s1. The van der Waals surface area contributed by atoms with Gasteiger partial charge in [-0.15, -0.1) is 23.5 Å². The number of carboxylic acid groups (broad SMARTS) is 1. The number of nitrogens with zero attached hydrogens (tertiary/aromatic N) is 3. The molecule has 3 N–H and O–H groups in total. The first-order chi connectivity index (χ1) is 42.6. The van der Waals surface area contributed by atoms with Gasteiger partial charge in [0.05, 0.1) is 83.8 Å². The van der Waals surface area contributed by atoms with Gasteiger partial charge >= 0.3 is 11.9 Å². The van der Waals surface area contributed by atoms with Crippen molar-refractivity contribution in [1.82, 2.24) is 20.0 Å². The van der Waals surface area contributed by atoms with Crippen molar-refractivity contribution in [3.63, 3.8) is 0 Å². The number of hydrogen-bond acceptors (Lipinski definition) is 19. The molecule has 1 saturated heterocycles. The van der Waals surface area contributed by atoms with Crippen LogP contribution in [0.3, 0.4) is 0 Å². The van der Waals surface area contributed by atoms with Gasteiger partial charge in [0, 0.05) is 102 Å². The van der Waals surface area contributed by atoms with Gasteiger partial charge in [0.1, 0.15) is 5.78 Å². The number of thioether (sulfide) groups is 2. The maximum absolute atomic E-state index is 14.6. The first-order valence-electron chi connectivity index (χ1n) is 31.8. The van der Waals surface area contributed by atoms with Crippen LogP contribution in [0.1, 0.15) is 151 Å². The fourth-order valence-corrected chi connectivity index (χ4v) is 14.7. The van der Waals surface area contributed by atoms with Crippen molar-refractivity contribution < 1.29 is 81.5 Å². The number of esters is 1. The van der Waals surface area contributed by atoms with E-state index in [1.54, 1.807) is 23.8 Å². The Bertz CT molecular complexity index is 2690. The number of Topliss-reactive ketones (excluding diaryl/α,β-unsaturated/α-hetero) is 5. The summed E-state index contributed by atoms with van der Waals surface area (Å²) in [4.78, 5) is 156. The van der Waals surface area contributed by atoms with Crippen molar-refractivity contribution in [2.75, 3.05) is 78.7 Å². The molecule has 0 bridgehead atoms. The maximum atomic E-state index is 14.6. The molecule has 3 aliphatic rings. The zero-order valence-electron chi connectivity index (χ0n) is 55.5. The second-order valence-corrected chi connectivity index (χ2v) is 27.5. The lowest BCUT2D eigenvalue weighted by molar-refractivity contribution is -0.149. The van der Waals surface area contributed by atoms with E-state index in [1.165, 1.54) is 69.8 Å². The molecule has 0 aliphatic carbocycles. The number of carboxylic acids is 1. The Kier molecular flexibility index (Phi) is 32.5. The number of allylic oxidation sites excluding steroid dienone is 2. The highest BCUT2D eigenvalue weighted by atomic mass is 32.2. The zero-order valence-corrected chi connectivity index (χ0v) is 57.2. The summed E-state index contributed by atoms with van der Waals surface area (Å²) in [5.41, 5.74) is 0.344. The van der Waals surface area contributed by atoms with Crippen LogP contribution >= 0.6 is 23.5 Å².